The molecule has 1 aromatic carbocycles. The molecule has 1 fully saturated rings. The minimum atomic E-state index is 0.147. The zero-order valence-corrected chi connectivity index (χ0v) is 12.3. The van der Waals surface area contributed by atoms with Crippen molar-refractivity contribution in [3.8, 4) is 0 Å². The molecule has 0 radical (unpaired) electrons. The third kappa shape index (κ3) is 3.49. The first kappa shape index (κ1) is 14.8. The van der Waals surface area contributed by atoms with Crippen molar-refractivity contribution in [1.82, 2.24) is 4.90 Å². The second-order valence-corrected chi connectivity index (χ2v) is 5.58. The number of oxime groups is 1. The second kappa shape index (κ2) is 6.24. The lowest BCUT2D eigenvalue weighted by atomic mass is 10.0. The third-order valence-corrected chi connectivity index (χ3v) is 3.64. The van der Waals surface area contributed by atoms with Gasteiger partial charge in [-0.2, -0.15) is 0 Å². The Labute approximate surface area is 120 Å². The van der Waals surface area contributed by atoms with Crippen LogP contribution in [0.15, 0.2) is 23.4 Å². The molecule has 3 N–H and O–H groups in total. The Morgan fingerprint density at radius 1 is 1.40 bits per heavy atom. The maximum Gasteiger partial charge on any atom is 0.170 e. The number of nitrogens with zero attached hydrogens (tertiary/aromatic N) is 2. The molecule has 0 saturated carbocycles. The Hall–Kier alpha value is -1.59. The van der Waals surface area contributed by atoms with Gasteiger partial charge in [0, 0.05) is 25.2 Å². The zero-order chi connectivity index (χ0) is 14.7. The summed E-state index contributed by atoms with van der Waals surface area (Å²) >= 11 is 0. The predicted octanol–water partition coefficient (Wildman–Crippen LogP) is 1.70. The summed E-state index contributed by atoms with van der Waals surface area (Å²) in [4.78, 5) is 2.41. The zero-order valence-electron chi connectivity index (χ0n) is 12.3. The maximum absolute atomic E-state index is 8.71. The standard InChI is InChI=1S/C15H23N3O2/c1-10-6-13(15(16)17-19)4-5-14(10)9-18-7-11(2)20-12(3)8-18/h4-6,11-12,19H,7-9H2,1-3H3,(H2,16,17)/t11-,12+. The largest absolute Gasteiger partial charge is 0.409 e. The number of ether oxygens (including phenoxy) is 1. The van der Waals surface area contributed by atoms with Crippen LogP contribution >= 0.6 is 0 Å². The minimum absolute atomic E-state index is 0.147. The first-order chi connectivity index (χ1) is 9.49. The lowest BCUT2D eigenvalue weighted by Crippen LogP contribution is -2.44. The molecule has 0 aliphatic carbocycles. The van der Waals surface area contributed by atoms with E-state index in [1.54, 1.807) is 0 Å². The lowest BCUT2D eigenvalue weighted by Gasteiger charge is -2.35. The highest BCUT2D eigenvalue weighted by Crippen LogP contribution is 2.17. The van der Waals surface area contributed by atoms with E-state index in [1.807, 2.05) is 18.2 Å². The van der Waals surface area contributed by atoms with Gasteiger partial charge in [-0.3, -0.25) is 4.90 Å². The Kier molecular flexibility index (Phi) is 4.62. The summed E-state index contributed by atoms with van der Waals surface area (Å²) < 4.78 is 5.75. The van der Waals surface area contributed by atoms with Crippen molar-refractivity contribution in [2.24, 2.45) is 10.9 Å². The van der Waals surface area contributed by atoms with Crippen LogP contribution in [0.3, 0.4) is 0 Å². The van der Waals surface area contributed by atoms with Gasteiger partial charge in [-0.1, -0.05) is 17.3 Å². The molecule has 0 bridgehead atoms. The number of rotatable bonds is 3. The molecule has 0 spiro atoms. The van der Waals surface area contributed by atoms with Crippen LogP contribution in [-0.4, -0.2) is 41.2 Å². The topological polar surface area (TPSA) is 71.1 Å². The van der Waals surface area contributed by atoms with Gasteiger partial charge in [0.1, 0.15) is 0 Å². The Balaban J connectivity index is 2.10. The van der Waals surface area contributed by atoms with E-state index in [-0.39, 0.29) is 18.0 Å². The molecule has 5 nitrogen and oxygen atoms in total. The Morgan fingerprint density at radius 2 is 2.05 bits per heavy atom. The summed E-state index contributed by atoms with van der Waals surface area (Å²) in [7, 11) is 0. The number of hydrogen-bond acceptors (Lipinski definition) is 4. The van der Waals surface area contributed by atoms with Crippen LogP contribution in [0.25, 0.3) is 0 Å². The summed E-state index contributed by atoms with van der Waals surface area (Å²) in [5.41, 5.74) is 8.77. The van der Waals surface area contributed by atoms with Crippen LogP contribution in [0, 0.1) is 6.92 Å². The maximum atomic E-state index is 8.71. The minimum Gasteiger partial charge on any atom is -0.409 e. The highest BCUT2D eigenvalue weighted by atomic mass is 16.5. The normalized spacial score (nSPS) is 24.9. The molecular formula is C15H23N3O2. The first-order valence-corrected chi connectivity index (χ1v) is 6.95. The number of aryl methyl sites for hydroxylation is 1. The molecule has 5 heteroatoms. The SMILES string of the molecule is Cc1cc(/C(N)=N/O)ccc1CN1C[C@@H](C)O[C@@H](C)C1. The monoisotopic (exact) mass is 277 g/mol. The van der Waals surface area contributed by atoms with E-state index in [1.165, 1.54) is 5.56 Å². The average Bonchev–Trinajstić information content (AvgIpc) is 2.39. The highest BCUT2D eigenvalue weighted by molar-refractivity contribution is 5.97. The van der Waals surface area contributed by atoms with Gasteiger partial charge in [-0.25, -0.2) is 0 Å². The van der Waals surface area contributed by atoms with E-state index in [4.69, 9.17) is 15.7 Å². The molecule has 20 heavy (non-hydrogen) atoms. The predicted molar refractivity (Wildman–Crippen MR) is 79.0 cm³/mol. The summed E-state index contributed by atoms with van der Waals surface area (Å²) in [5.74, 6) is 0.147. The van der Waals surface area contributed by atoms with Gasteiger partial charge in [-0.05, 0) is 38.0 Å². The molecule has 110 valence electrons. The van der Waals surface area contributed by atoms with Gasteiger partial charge in [0.25, 0.3) is 0 Å². The molecule has 1 aromatic rings. The van der Waals surface area contributed by atoms with Gasteiger partial charge in [-0.15, -0.1) is 0 Å². The van der Waals surface area contributed by atoms with Crippen molar-refractivity contribution in [3.05, 3.63) is 34.9 Å². The molecule has 1 aliphatic rings. The van der Waals surface area contributed by atoms with Gasteiger partial charge >= 0.3 is 0 Å². The van der Waals surface area contributed by atoms with Crippen molar-refractivity contribution < 1.29 is 9.94 Å². The van der Waals surface area contributed by atoms with Gasteiger partial charge < -0.3 is 15.7 Å². The Morgan fingerprint density at radius 3 is 2.60 bits per heavy atom. The lowest BCUT2D eigenvalue weighted by molar-refractivity contribution is -0.0705. The van der Waals surface area contributed by atoms with Crippen LogP contribution in [0.5, 0.6) is 0 Å². The van der Waals surface area contributed by atoms with Crippen LogP contribution in [0.2, 0.25) is 0 Å². The fraction of sp³-hybridized carbons (Fsp3) is 0.533. The van der Waals surface area contributed by atoms with Gasteiger partial charge in [0.2, 0.25) is 0 Å². The number of hydrogen-bond donors (Lipinski definition) is 2. The smallest absolute Gasteiger partial charge is 0.170 e. The van der Waals surface area contributed by atoms with Crippen LogP contribution in [-0.2, 0) is 11.3 Å². The molecule has 2 atom stereocenters. The van der Waals surface area contributed by atoms with Crippen molar-refractivity contribution in [1.29, 1.82) is 0 Å². The van der Waals surface area contributed by atoms with Crippen molar-refractivity contribution in [2.45, 2.75) is 39.5 Å². The summed E-state index contributed by atoms with van der Waals surface area (Å²) in [6.07, 6.45) is 0.547. The first-order valence-electron chi connectivity index (χ1n) is 6.95. The summed E-state index contributed by atoms with van der Waals surface area (Å²) in [5, 5.41) is 11.7. The van der Waals surface area contributed by atoms with E-state index in [0.717, 1.165) is 30.8 Å². The third-order valence-electron chi connectivity index (χ3n) is 3.64. The van der Waals surface area contributed by atoms with E-state index in [2.05, 4.69) is 30.8 Å². The quantitative estimate of drug-likeness (QED) is 0.382. The van der Waals surface area contributed by atoms with E-state index in [0.29, 0.717) is 0 Å². The summed E-state index contributed by atoms with van der Waals surface area (Å²) in [6, 6.07) is 5.90. The highest BCUT2D eigenvalue weighted by Gasteiger charge is 2.22. The number of nitrogens with two attached hydrogens (primary N) is 1. The van der Waals surface area contributed by atoms with E-state index in [9.17, 15) is 0 Å². The fourth-order valence-corrected chi connectivity index (χ4v) is 2.74. The molecule has 1 heterocycles. The van der Waals surface area contributed by atoms with Crippen LogP contribution in [0.1, 0.15) is 30.5 Å². The van der Waals surface area contributed by atoms with Crippen LogP contribution < -0.4 is 5.73 Å². The Bertz CT molecular complexity index is 492. The molecular weight excluding hydrogens is 254 g/mol. The van der Waals surface area contributed by atoms with E-state index >= 15 is 0 Å². The molecule has 0 aromatic heterocycles. The molecule has 0 amide bonds. The summed E-state index contributed by atoms with van der Waals surface area (Å²) in [6.45, 7) is 9.07. The number of amidine groups is 1. The van der Waals surface area contributed by atoms with Gasteiger partial charge in [0.05, 0.1) is 12.2 Å². The van der Waals surface area contributed by atoms with Crippen molar-refractivity contribution >= 4 is 5.84 Å². The molecule has 2 rings (SSSR count). The van der Waals surface area contributed by atoms with Crippen molar-refractivity contribution in [2.75, 3.05) is 13.1 Å². The van der Waals surface area contributed by atoms with Gasteiger partial charge in [0.15, 0.2) is 5.84 Å². The molecule has 0 unspecified atom stereocenters. The fourth-order valence-electron chi connectivity index (χ4n) is 2.74. The number of morpholine rings is 1. The molecule has 1 aliphatic heterocycles. The van der Waals surface area contributed by atoms with Crippen LogP contribution in [0.4, 0.5) is 0 Å². The number of benzene rings is 1. The molecule has 1 saturated heterocycles. The van der Waals surface area contributed by atoms with Crippen molar-refractivity contribution in [3.63, 3.8) is 0 Å². The second-order valence-electron chi connectivity index (χ2n) is 5.58. The average molecular weight is 277 g/mol. The van der Waals surface area contributed by atoms with E-state index < -0.39 is 0 Å².